The summed E-state index contributed by atoms with van der Waals surface area (Å²) in [7, 11) is 5.64. The maximum Gasteiger partial charge on any atom is 0.193 e. The van der Waals surface area contributed by atoms with Crippen LogP contribution in [-0.2, 0) is 13.1 Å². The molecule has 0 saturated carbocycles. The number of thiophene rings is 1. The zero-order chi connectivity index (χ0) is 19.8. The van der Waals surface area contributed by atoms with Gasteiger partial charge < -0.3 is 15.0 Å². The average molecular weight is 529 g/mol. The summed E-state index contributed by atoms with van der Waals surface area (Å²) >= 11 is 1.86. The molecule has 1 fully saturated rings. The molecule has 160 valence electrons. The van der Waals surface area contributed by atoms with Gasteiger partial charge in [-0.05, 0) is 61.0 Å². The molecule has 1 aliphatic rings. The Morgan fingerprint density at radius 3 is 2.55 bits per heavy atom. The van der Waals surface area contributed by atoms with Crippen LogP contribution in [0.2, 0.25) is 0 Å². The molecule has 7 heteroatoms. The van der Waals surface area contributed by atoms with Gasteiger partial charge in [-0.1, -0.05) is 18.2 Å². The SMILES string of the molecule is CN=C(NCC1CCN(Cc2cccs2)CC1)N(C)Cc1ccc(OC)cc1.I. The van der Waals surface area contributed by atoms with Crippen LogP contribution >= 0.6 is 35.3 Å². The van der Waals surface area contributed by atoms with Crippen molar-refractivity contribution in [3.8, 4) is 5.75 Å². The van der Waals surface area contributed by atoms with E-state index >= 15 is 0 Å². The van der Waals surface area contributed by atoms with Gasteiger partial charge >= 0.3 is 0 Å². The number of hydrogen-bond donors (Lipinski definition) is 1. The summed E-state index contributed by atoms with van der Waals surface area (Å²) in [6.45, 7) is 5.29. The number of benzene rings is 1. The van der Waals surface area contributed by atoms with E-state index in [1.807, 2.05) is 30.5 Å². The van der Waals surface area contributed by atoms with E-state index in [1.54, 1.807) is 7.11 Å². The topological polar surface area (TPSA) is 40.1 Å². The van der Waals surface area contributed by atoms with Gasteiger partial charge in [0.25, 0.3) is 0 Å². The summed E-state index contributed by atoms with van der Waals surface area (Å²) in [6, 6.07) is 12.6. The standard InChI is InChI=1S/C22H32N4OS.HI/c1-23-22(25(2)16-19-6-8-20(27-3)9-7-19)24-15-18-10-12-26(13-11-18)17-21-5-4-14-28-21;/h4-9,14,18H,10-13,15-17H2,1-3H3,(H,23,24);1H. The first-order valence-electron chi connectivity index (χ1n) is 9.97. The molecule has 3 rings (SSSR count). The highest BCUT2D eigenvalue weighted by Gasteiger charge is 2.20. The van der Waals surface area contributed by atoms with E-state index in [4.69, 9.17) is 4.74 Å². The van der Waals surface area contributed by atoms with Gasteiger partial charge in [0.2, 0.25) is 0 Å². The molecule has 0 bridgehead atoms. The van der Waals surface area contributed by atoms with Crippen molar-refractivity contribution < 1.29 is 4.74 Å². The lowest BCUT2D eigenvalue weighted by molar-refractivity contribution is 0.179. The van der Waals surface area contributed by atoms with Crippen molar-refractivity contribution in [2.45, 2.75) is 25.9 Å². The maximum absolute atomic E-state index is 5.23. The largest absolute Gasteiger partial charge is 0.497 e. The number of piperidine rings is 1. The maximum atomic E-state index is 5.23. The Labute approximate surface area is 196 Å². The molecule has 2 heterocycles. The van der Waals surface area contributed by atoms with Crippen LogP contribution in [0.4, 0.5) is 0 Å². The van der Waals surface area contributed by atoms with E-state index < -0.39 is 0 Å². The molecule has 0 aliphatic carbocycles. The van der Waals surface area contributed by atoms with Crippen LogP contribution in [0.3, 0.4) is 0 Å². The van der Waals surface area contributed by atoms with E-state index in [9.17, 15) is 0 Å². The third-order valence-corrected chi connectivity index (χ3v) is 6.23. The Kier molecular flexibility index (Phi) is 10.2. The summed E-state index contributed by atoms with van der Waals surface area (Å²) in [5.74, 6) is 2.56. The lowest BCUT2D eigenvalue weighted by Crippen LogP contribution is -2.43. The van der Waals surface area contributed by atoms with Crippen LogP contribution in [0.25, 0.3) is 0 Å². The second-order valence-corrected chi connectivity index (χ2v) is 8.46. The van der Waals surface area contributed by atoms with Gasteiger partial charge in [0.1, 0.15) is 5.75 Å². The molecule has 1 N–H and O–H groups in total. The first-order valence-corrected chi connectivity index (χ1v) is 10.9. The summed E-state index contributed by atoms with van der Waals surface area (Å²) in [4.78, 5) is 10.7. The molecule has 5 nitrogen and oxygen atoms in total. The number of likely N-dealkylation sites (tertiary alicyclic amines) is 1. The zero-order valence-corrected chi connectivity index (χ0v) is 20.8. The Morgan fingerprint density at radius 2 is 1.97 bits per heavy atom. The highest BCUT2D eigenvalue weighted by molar-refractivity contribution is 14.0. The van der Waals surface area contributed by atoms with E-state index in [2.05, 4.69) is 56.8 Å². The Bertz CT molecular complexity index is 728. The summed E-state index contributed by atoms with van der Waals surface area (Å²) < 4.78 is 5.23. The number of methoxy groups -OCH3 is 1. The number of guanidine groups is 1. The minimum atomic E-state index is 0. The molecule has 0 atom stereocenters. The van der Waals surface area contributed by atoms with Crippen molar-refractivity contribution in [2.24, 2.45) is 10.9 Å². The van der Waals surface area contributed by atoms with Gasteiger partial charge in [0.05, 0.1) is 7.11 Å². The van der Waals surface area contributed by atoms with Crippen molar-refractivity contribution in [3.63, 3.8) is 0 Å². The van der Waals surface area contributed by atoms with Gasteiger partial charge in [0.15, 0.2) is 5.96 Å². The normalized spacial score (nSPS) is 15.6. The number of aliphatic imine (C=N–C) groups is 1. The number of nitrogens with one attached hydrogen (secondary N) is 1. The summed E-state index contributed by atoms with van der Waals surface area (Å²) in [5.41, 5.74) is 1.24. The molecule has 0 amide bonds. The smallest absolute Gasteiger partial charge is 0.193 e. The minimum Gasteiger partial charge on any atom is -0.497 e. The highest BCUT2D eigenvalue weighted by atomic mass is 127. The quantitative estimate of drug-likeness (QED) is 0.331. The third-order valence-electron chi connectivity index (χ3n) is 5.37. The predicted octanol–water partition coefficient (Wildman–Crippen LogP) is 4.29. The molecule has 0 unspecified atom stereocenters. The van der Waals surface area contributed by atoms with Gasteiger partial charge in [-0.3, -0.25) is 9.89 Å². The third kappa shape index (κ3) is 7.46. The first-order chi connectivity index (χ1) is 13.7. The lowest BCUT2D eigenvalue weighted by atomic mass is 9.97. The van der Waals surface area contributed by atoms with Crippen molar-refractivity contribution in [1.82, 2.24) is 15.1 Å². The summed E-state index contributed by atoms with van der Waals surface area (Å²) in [5, 5.41) is 5.74. The van der Waals surface area contributed by atoms with Crippen molar-refractivity contribution in [2.75, 3.05) is 40.8 Å². The van der Waals surface area contributed by atoms with Crippen molar-refractivity contribution in [3.05, 3.63) is 52.2 Å². The van der Waals surface area contributed by atoms with Crippen molar-refractivity contribution >= 4 is 41.3 Å². The van der Waals surface area contributed by atoms with Gasteiger partial charge in [0, 0.05) is 38.6 Å². The molecule has 2 aromatic rings. The van der Waals surface area contributed by atoms with Crippen LogP contribution in [0.15, 0.2) is 46.8 Å². The van der Waals surface area contributed by atoms with Crippen LogP contribution in [-0.4, -0.2) is 56.6 Å². The number of rotatable bonds is 7. The van der Waals surface area contributed by atoms with E-state index in [-0.39, 0.29) is 24.0 Å². The second-order valence-electron chi connectivity index (χ2n) is 7.43. The average Bonchev–Trinajstić information content (AvgIpc) is 3.23. The number of halogens is 1. The fourth-order valence-corrected chi connectivity index (χ4v) is 4.42. The van der Waals surface area contributed by atoms with E-state index in [0.29, 0.717) is 5.92 Å². The molecular weight excluding hydrogens is 495 g/mol. The monoisotopic (exact) mass is 528 g/mol. The molecule has 0 radical (unpaired) electrons. The molecule has 1 saturated heterocycles. The number of nitrogens with zero attached hydrogens (tertiary/aromatic N) is 3. The van der Waals surface area contributed by atoms with Gasteiger partial charge in [-0.2, -0.15) is 0 Å². The van der Waals surface area contributed by atoms with Crippen molar-refractivity contribution in [1.29, 1.82) is 0 Å². The van der Waals surface area contributed by atoms with E-state index in [1.165, 1.54) is 36.4 Å². The number of hydrogen-bond acceptors (Lipinski definition) is 4. The highest BCUT2D eigenvalue weighted by Crippen LogP contribution is 2.20. The Hall–Kier alpha value is -1.32. The molecule has 1 aliphatic heterocycles. The zero-order valence-electron chi connectivity index (χ0n) is 17.6. The van der Waals surface area contributed by atoms with Crippen LogP contribution in [0.1, 0.15) is 23.3 Å². The minimum absolute atomic E-state index is 0. The molecular formula is C22H33IN4OS. The molecule has 0 spiro atoms. The molecule has 29 heavy (non-hydrogen) atoms. The Balaban J connectivity index is 0.00000300. The van der Waals surface area contributed by atoms with Crippen LogP contribution in [0.5, 0.6) is 5.75 Å². The fourth-order valence-electron chi connectivity index (χ4n) is 3.67. The van der Waals surface area contributed by atoms with Gasteiger partial charge in [-0.15, -0.1) is 35.3 Å². The molecule has 1 aromatic carbocycles. The summed E-state index contributed by atoms with van der Waals surface area (Å²) in [6.07, 6.45) is 2.50. The van der Waals surface area contributed by atoms with Gasteiger partial charge in [-0.25, -0.2) is 0 Å². The number of ether oxygens (including phenoxy) is 1. The lowest BCUT2D eigenvalue weighted by Gasteiger charge is -2.32. The van der Waals surface area contributed by atoms with Crippen LogP contribution < -0.4 is 10.1 Å². The predicted molar refractivity (Wildman–Crippen MR) is 134 cm³/mol. The Morgan fingerprint density at radius 1 is 1.24 bits per heavy atom. The molecule has 1 aromatic heterocycles. The second kappa shape index (κ2) is 12.4. The van der Waals surface area contributed by atoms with E-state index in [0.717, 1.165) is 31.3 Å². The fraction of sp³-hybridized carbons (Fsp3) is 0.500. The first kappa shape index (κ1) is 24.0. The van der Waals surface area contributed by atoms with Crippen LogP contribution in [0, 0.1) is 5.92 Å².